The van der Waals surface area contributed by atoms with E-state index in [0.717, 1.165) is 54.9 Å². The van der Waals surface area contributed by atoms with Gasteiger partial charge >= 0.3 is 0 Å². The Kier molecular flexibility index (Phi) is 5.50. The third-order valence-corrected chi connectivity index (χ3v) is 5.00. The number of aryl methyl sites for hydroxylation is 1. The maximum Gasteiger partial charge on any atom is 0.237 e. The van der Waals surface area contributed by atoms with Gasteiger partial charge in [0.05, 0.1) is 32.3 Å². The van der Waals surface area contributed by atoms with E-state index in [9.17, 15) is 4.79 Å². The molecule has 0 spiro atoms. The number of rotatable bonds is 4. The number of hydrogen-bond acceptors (Lipinski definition) is 4. The topological polar surface area (TPSA) is 50.8 Å². The van der Waals surface area contributed by atoms with Crippen molar-refractivity contribution < 1.29 is 14.3 Å². The average molecular weight is 342 g/mol. The van der Waals surface area contributed by atoms with Crippen LogP contribution in [0.5, 0.6) is 11.5 Å². The molecule has 2 aliphatic heterocycles. The van der Waals surface area contributed by atoms with Crippen LogP contribution in [-0.4, -0.2) is 43.7 Å². The molecule has 5 heteroatoms. The Hall–Kier alpha value is -2.19. The maximum atomic E-state index is 12.9. The number of ether oxygens (including phenoxy) is 2. The number of methoxy groups -OCH3 is 1. The van der Waals surface area contributed by atoms with E-state index >= 15 is 0 Å². The Labute approximate surface area is 149 Å². The summed E-state index contributed by atoms with van der Waals surface area (Å²) >= 11 is 0. The minimum atomic E-state index is -0.136. The van der Waals surface area contributed by atoms with Crippen molar-refractivity contribution >= 4 is 5.91 Å². The van der Waals surface area contributed by atoms with E-state index in [1.807, 2.05) is 13.0 Å². The molecule has 5 nitrogen and oxygen atoms in total. The summed E-state index contributed by atoms with van der Waals surface area (Å²) in [4.78, 5) is 15.0. The zero-order chi connectivity index (χ0) is 17.8. The van der Waals surface area contributed by atoms with Crippen LogP contribution < -0.4 is 14.8 Å². The second-order valence-corrected chi connectivity index (χ2v) is 6.77. The lowest BCUT2D eigenvalue weighted by Gasteiger charge is -2.35. The maximum absolute atomic E-state index is 12.9. The number of fused-ring (bicyclic) bond motifs is 1. The number of nitrogens with zero attached hydrogens (tertiary/aromatic N) is 1. The normalized spacial score (nSPS) is 23.1. The second-order valence-electron chi connectivity index (χ2n) is 6.77. The van der Waals surface area contributed by atoms with Crippen LogP contribution in [-0.2, 0) is 4.79 Å². The second kappa shape index (κ2) is 7.79. The molecule has 1 aromatic rings. The standard InChI is InChI=1S/C20H26N2O3/c1-4-9-22-10-6-5-7-17(22)20(23)21-16-8-11-25-19-15(16)12-14(2)13-18(19)24-3/h1,12-13,16-17H,5-11H2,2-3H3,(H,21,23)/t16-,17+/m1/s1. The first-order chi connectivity index (χ1) is 12.1. The summed E-state index contributed by atoms with van der Waals surface area (Å²) in [5.41, 5.74) is 2.09. The van der Waals surface area contributed by atoms with E-state index in [-0.39, 0.29) is 18.0 Å². The average Bonchev–Trinajstić information content (AvgIpc) is 2.62. The Balaban J connectivity index is 1.79. The van der Waals surface area contributed by atoms with Crippen molar-refractivity contribution in [3.05, 3.63) is 23.3 Å². The molecule has 134 valence electrons. The van der Waals surface area contributed by atoms with Gasteiger partial charge in [-0.2, -0.15) is 0 Å². The number of likely N-dealkylation sites (tertiary alicyclic amines) is 1. The minimum absolute atomic E-state index is 0.0559. The quantitative estimate of drug-likeness (QED) is 0.854. The highest BCUT2D eigenvalue weighted by Gasteiger charge is 2.32. The molecule has 2 heterocycles. The van der Waals surface area contributed by atoms with Gasteiger partial charge in [-0.3, -0.25) is 9.69 Å². The van der Waals surface area contributed by atoms with Crippen molar-refractivity contribution in [3.8, 4) is 23.8 Å². The molecule has 1 saturated heterocycles. The van der Waals surface area contributed by atoms with Crippen LogP contribution in [0.2, 0.25) is 0 Å². The molecule has 3 rings (SSSR count). The zero-order valence-corrected chi connectivity index (χ0v) is 15.0. The summed E-state index contributed by atoms with van der Waals surface area (Å²) < 4.78 is 11.2. The van der Waals surface area contributed by atoms with Gasteiger partial charge in [0.25, 0.3) is 0 Å². The molecule has 2 atom stereocenters. The fourth-order valence-corrected chi connectivity index (χ4v) is 3.78. The van der Waals surface area contributed by atoms with Gasteiger partial charge < -0.3 is 14.8 Å². The van der Waals surface area contributed by atoms with E-state index in [1.165, 1.54) is 0 Å². The lowest BCUT2D eigenvalue weighted by Crippen LogP contribution is -2.50. The van der Waals surface area contributed by atoms with Crippen molar-refractivity contribution in [1.29, 1.82) is 0 Å². The number of carbonyl (C=O) groups is 1. The fourth-order valence-electron chi connectivity index (χ4n) is 3.78. The summed E-state index contributed by atoms with van der Waals surface area (Å²) in [5, 5.41) is 3.23. The summed E-state index contributed by atoms with van der Waals surface area (Å²) in [6.45, 7) is 4.00. The first-order valence-electron chi connectivity index (χ1n) is 8.93. The van der Waals surface area contributed by atoms with Gasteiger partial charge in [-0.25, -0.2) is 0 Å². The van der Waals surface area contributed by atoms with Crippen molar-refractivity contribution in [2.24, 2.45) is 0 Å². The third kappa shape index (κ3) is 3.74. The molecule has 1 amide bonds. The van der Waals surface area contributed by atoms with Gasteiger partial charge in [0.15, 0.2) is 11.5 Å². The van der Waals surface area contributed by atoms with Crippen LogP contribution in [0.25, 0.3) is 0 Å². The molecule has 1 N–H and O–H groups in total. The SMILES string of the molecule is C#CCN1CCCC[C@H]1C(=O)N[C@@H]1CCOc2c(OC)cc(C)cc21. The van der Waals surface area contributed by atoms with Gasteiger partial charge in [-0.15, -0.1) is 6.42 Å². The van der Waals surface area contributed by atoms with Crippen LogP contribution in [0, 0.1) is 19.3 Å². The van der Waals surface area contributed by atoms with E-state index in [2.05, 4.69) is 22.2 Å². The summed E-state index contributed by atoms with van der Waals surface area (Å²) in [7, 11) is 1.64. The number of nitrogens with one attached hydrogen (secondary N) is 1. The van der Waals surface area contributed by atoms with Gasteiger partial charge in [0.1, 0.15) is 0 Å². The highest BCUT2D eigenvalue weighted by Crippen LogP contribution is 2.40. The highest BCUT2D eigenvalue weighted by atomic mass is 16.5. The molecule has 0 aliphatic carbocycles. The van der Waals surface area contributed by atoms with Crippen LogP contribution in [0.15, 0.2) is 12.1 Å². The van der Waals surface area contributed by atoms with Crippen LogP contribution in [0.3, 0.4) is 0 Å². The van der Waals surface area contributed by atoms with E-state index in [1.54, 1.807) is 7.11 Å². The highest BCUT2D eigenvalue weighted by molar-refractivity contribution is 5.82. The number of benzene rings is 1. The van der Waals surface area contributed by atoms with E-state index in [4.69, 9.17) is 15.9 Å². The molecule has 0 aromatic heterocycles. The smallest absolute Gasteiger partial charge is 0.237 e. The molecule has 0 unspecified atom stereocenters. The molecule has 0 saturated carbocycles. The van der Waals surface area contributed by atoms with Gasteiger partial charge in [-0.1, -0.05) is 18.4 Å². The molecule has 2 aliphatic rings. The number of carbonyl (C=O) groups excluding carboxylic acids is 1. The summed E-state index contributed by atoms with van der Waals surface area (Å²) in [6, 6.07) is 3.84. The van der Waals surface area contributed by atoms with Gasteiger partial charge in [0, 0.05) is 12.0 Å². The van der Waals surface area contributed by atoms with Crippen LogP contribution >= 0.6 is 0 Å². The molecular formula is C20H26N2O3. The Bertz CT molecular complexity index is 680. The summed E-state index contributed by atoms with van der Waals surface area (Å²) in [5.74, 6) is 4.20. The molecule has 0 radical (unpaired) electrons. The Morgan fingerprint density at radius 1 is 1.44 bits per heavy atom. The predicted octanol–water partition coefficient (Wildman–Crippen LogP) is 2.43. The van der Waals surface area contributed by atoms with Crippen LogP contribution in [0.1, 0.15) is 42.9 Å². The number of terminal acetylenes is 1. The van der Waals surface area contributed by atoms with Crippen molar-refractivity contribution in [2.75, 3.05) is 26.8 Å². The minimum Gasteiger partial charge on any atom is -0.493 e. The Morgan fingerprint density at radius 2 is 2.28 bits per heavy atom. The van der Waals surface area contributed by atoms with Crippen molar-refractivity contribution in [3.63, 3.8) is 0 Å². The predicted molar refractivity (Wildman–Crippen MR) is 96.8 cm³/mol. The number of hydrogen-bond donors (Lipinski definition) is 1. The molecule has 1 aromatic carbocycles. The number of piperidine rings is 1. The van der Waals surface area contributed by atoms with Gasteiger partial charge in [-0.05, 0) is 37.9 Å². The molecular weight excluding hydrogens is 316 g/mol. The van der Waals surface area contributed by atoms with Crippen molar-refractivity contribution in [1.82, 2.24) is 10.2 Å². The summed E-state index contributed by atoms with van der Waals surface area (Å²) in [6.07, 6.45) is 9.25. The Morgan fingerprint density at radius 3 is 3.04 bits per heavy atom. The monoisotopic (exact) mass is 342 g/mol. The van der Waals surface area contributed by atoms with E-state index in [0.29, 0.717) is 13.2 Å². The fraction of sp³-hybridized carbons (Fsp3) is 0.550. The van der Waals surface area contributed by atoms with Crippen LogP contribution in [0.4, 0.5) is 0 Å². The van der Waals surface area contributed by atoms with Gasteiger partial charge in [0.2, 0.25) is 5.91 Å². The third-order valence-electron chi connectivity index (χ3n) is 5.00. The first-order valence-corrected chi connectivity index (χ1v) is 8.93. The lowest BCUT2D eigenvalue weighted by atomic mass is 9.96. The van der Waals surface area contributed by atoms with E-state index < -0.39 is 0 Å². The largest absolute Gasteiger partial charge is 0.493 e. The lowest BCUT2D eigenvalue weighted by molar-refractivity contribution is -0.128. The molecule has 0 bridgehead atoms. The first kappa shape index (κ1) is 17.6. The number of amides is 1. The van der Waals surface area contributed by atoms with Crippen molar-refractivity contribution in [2.45, 2.75) is 44.7 Å². The molecule has 25 heavy (non-hydrogen) atoms. The molecule has 1 fully saturated rings. The zero-order valence-electron chi connectivity index (χ0n) is 15.0.